The molecule has 1 fully saturated rings. The predicted molar refractivity (Wildman–Crippen MR) is 57.6 cm³/mol. The van der Waals surface area contributed by atoms with Crippen molar-refractivity contribution in [2.75, 3.05) is 20.1 Å². The fourth-order valence-corrected chi connectivity index (χ4v) is 3.09. The number of hydrogen-bond acceptors (Lipinski definition) is 4. The van der Waals surface area contributed by atoms with E-state index in [9.17, 15) is 8.42 Å². The topological polar surface area (TPSA) is 63.4 Å². The first kappa shape index (κ1) is 11.7. The number of rotatable bonds is 3. The predicted octanol–water partition coefficient (Wildman–Crippen LogP) is -0.0338. The molecular weight excluding hydrogens is 200 g/mol. The number of sulfone groups is 1. The maximum Gasteiger partial charge on any atom is 0.175 e. The van der Waals surface area contributed by atoms with Gasteiger partial charge in [0.05, 0.1) is 5.25 Å². The van der Waals surface area contributed by atoms with Gasteiger partial charge < -0.3 is 10.6 Å². The summed E-state index contributed by atoms with van der Waals surface area (Å²) in [5, 5.41) is 1.02. The fraction of sp³-hybridized carbons (Fsp3) is 0.778. The van der Waals surface area contributed by atoms with Crippen LogP contribution in [0.4, 0.5) is 0 Å². The molecule has 0 aromatic rings. The first-order valence-electron chi connectivity index (χ1n) is 4.78. The zero-order valence-corrected chi connectivity index (χ0v) is 9.50. The van der Waals surface area contributed by atoms with Crippen LogP contribution in [0.15, 0.2) is 11.5 Å². The molecule has 2 N–H and O–H groups in total. The Hall–Kier alpha value is -0.390. The Morgan fingerprint density at radius 3 is 2.64 bits per heavy atom. The summed E-state index contributed by atoms with van der Waals surface area (Å²) in [6.45, 7) is 3.24. The van der Waals surface area contributed by atoms with Crippen molar-refractivity contribution in [3.05, 3.63) is 11.5 Å². The summed E-state index contributed by atoms with van der Waals surface area (Å²) >= 11 is 0. The molecule has 0 amide bonds. The lowest BCUT2D eigenvalue weighted by Crippen LogP contribution is -2.23. The van der Waals surface area contributed by atoms with Crippen LogP contribution in [0, 0.1) is 0 Å². The Kier molecular flexibility index (Phi) is 3.69. The van der Waals surface area contributed by atoms with E-state index in [1.54, 1.807) is 6.92 Å². The molecular formula is C9H18N2O2S. The van der Waals surface area contributed by atoms with E-state index in [4.69, 9.17) is 5.73 Å². The minimum absolute atomic E-state index is 0.205. The minimum Gasteiger partial charge on any atom is -0.325 e. The normalized spacial score (nSPS) is 27.2. The second-order valence-corrected chi connectivity index (χ2v) is 6.07. The lowest BCUT2D eigenvalue weighted by Gasteiger charge is -2.08. The van der Waals surface area contributed by atoms with Crippen LogP contribution in [0.5, 0.6) is 0 Å². The van der Waals surface area contributed by atoms with Crippen LogP contribution in [-0.2, 0) is 9.84 Å². The maximum absolute atomic E-state index is 11.7. The summed E-state index contributed by atoms with van der Waals surface area (Å²) in [7, 11) is -1.15. The van der Waals surface area contributed by atoms with Crippen molar-refractivity contribution >= 4 is 9.84 Å². The van der Waals surface area contributed by atoms with Gasteiger partial charge in [0.2, 0.25) is 0 Å². The average molecular weight is 218 g/mol. The molecule has 1 heterocycles. The number of nitrogens with zero attached hydrogens (tertiary/aromatic N) is 1. The van der Waals surface area contributed by atoms with Gasteiger partial charge in [0.25, 0.3) is 0 Å². The maximum atomic E-state index is 11.7. The zero-order chi connectivity index (χ0) is 10.8. The molecule has 4 nitrogen and oxygen atoms in total. The molecule has 1 saturated heterocycles. The smallest absolute Gasteiger partial charge is 0.175 e. The van der Waals surface area contributed by atoms with E-state index in [0.717, 1.165) is 13.0 Å². The van der Waals surface area contributed by atoms with E-state index in [1.807, 2.05) is 11.9 Å². The monoisotopic (exact) mass is 218 g/mol. The lowest BCUT2D eigenvalue weighted by atomic mass is 10.4. The van der Waals surface area contributed by atoms with Crippen molar-refractivity contribution in [3.8, 4) is 0 Å². The lowest BCUT2D eigenvalue weighted by molar-refractivity contribution is 0.417. The molecule has 2 atom stereocenters. The Labute approximate surface area is 85.7 Å². The zero-order valence-electron chi connectivity index (χ0n) is 8.68. The molecule has 0 radical (unpaired) electrons. The van der Waals surface area contributed by atoms with Crippen LogP contribution >= 0.6 is 0 Å². The molecule has 1 rings (SSSR count). The molecule has 0 spiro atoms. The molecule has 0 aromatic heterocycles. The van der Waals surface area contributed by atoms with Gasteiger partial charge >= 0.3 is 0 Å². The Bertz CT molecular complexity index is 309. The molecule has 0 unspecified atom stereocenters. The van der Waals surface area contributed by atoms with E-state index in [0.29, 0.717) is 6.54 Å². The number of likely N-dealkylation sites (tertiary alicyclic amines) is 1. The average Bonchev–Trinajstić information content (AvgIpc) is 2.49. The molecule has 0 bridgehead atoms. The second-order valence-electron chi connectivity index (χ2n) is 3.95. The molecule has 0 aliphatic carbocycles. The van der Waals surface area contributed by atoms with Gasteiger partial charge in [0, 0.05) is 18.0 Å². The van der Waals surface area contributed by atoms with Crippen molar-refractivity contribution in [2.45, 2.75) is 24.6 Å². The fourth-order valence-electron chi connectivity index (χ4n) is 1.51. The number of nitrogens with two attached hydrogens (primary N) is 1. The molecule has 0 aromatic carbocycles. The van der Waals surface area contributed by atoms with Crippen molar-refractivity contribution in [1.29, 1.82) is 0 Å². The van der Waals surface area contributed by atoms with Gasteiger partial charge in [-0.05, 0) is 26.9 Å². The van der Waals surface area contributed by atoms with Crippen molar-refractivity contribution in [3.63, 3.8) is 0 Å². The van der Waals surface area contributed by atoms with Crippen LogP contribution in [0.1, 0.15) is 13.3 Å². The SMILES string of the molecule is C[C@@H](N)/C=C\S(=O)(=O)[C@@H]1CCN(C)C1. The van der Waals surface area contributed by atoms with Gasteiger partial charge in [0.1, 0.15) is 0 Å². The van der Waals surface area contributed by atoms with Crippen LogP contribution < -0.4 is 5.73 Å². The summed E-state index contributed by atoms with van der Waals surface area (Å²) < 4.78 is 23.4. The Morgan fingerprint density at radius 1 is 1.57 bits per heavy atom. The van der Waals surface area contributed by atoms with Crippen molar-refractivity contribution in [2.24, 2.45) is 5.73 Å². The summed E-state index contributed by atoms with van der Waals surface area (Å²) in [4.78, 5) is 2.03. The van der Waals surface area contributed by atoms with Crippen LogP contribution in [0.25, 0.3) is 0 Å². The van der Waals surface area contributed by atoms with Gasteiger partial charge in [-0.25, -0.2) is 8.42 Å². The first-order valence-corrected chi connectivity index (χ1v) is 6.39. The molecule has 0 saturated carbocycles. The van der Waals surface area contributed by atoms with Gasteiger partial charge in [0.15, 0.2) is 9.84 Å². The third kappa shape index (κ3) is 3.08. The Balaban J connectivity index is 2.67. The van der Waals surface area contributed by atoms with E-state index in [1.165, 1.54) is 11.5 Å². The highest BCUT2D eigenvalue weighted by Gasteiger charge is 2.29. The van der Waals surface area contributed by atoms with Gasteiger partial charge in [-0.3, -0.25) is 0 Å². The third-order valence-electron chi connectivity index (χ3n) is 2.38. The molecule has 14 heavy (non-hydrogen) atoms. The van der Waals surface area contributed by atoms with Gasteiger partial charge in [-0.15, -0.1) is 0 Å². The van der Waals surface area contributed by atoms with Gasteiger partial charge in [-0.2, -0.15) is 0 Å². The highest BCUT2D eigenvalue weighted by Crippen LogP contribution is 2.16. The molecule has 82 valence electrons. The van der Waals surface area contributed by atoms with Crippen LogP contribution in [0.2, 0.25) is 0 Å². The largest absolute Gasteiger partial charge is 0.325 e. The summed E-state index contributed by atoms with van der Waals surface area (Å²) in [5.74, 6) is 0. The summed E-state index contributed by atoms with van der Waals surface area (Å²) in [5.41, 5.74) is 5.46. The summed E-state index contributed by atoms with van der Waals surface area (Å²) in [6.07, 6.45) is 2.26. The van der Waals surface area contributed by atoms with E-state index in [-0.39, 0.29) is 11.3 Å². The highest BCUT2D eigenvalue weighted by atomic mass is 32.2. The Morgan fingerprint density at radius 2 is 2.21 bits per heavy atom. The molecule has 5 heteroatoms. The van der Waals surface area contributed by atoms with Gasteiger partial charge in [-0.1, -0.05) is 6.08 Å². The van der Waals surface area contributed by atoms with E-state index >= 15 is 0 Å². The quantitative estimate of drug-likeness (QED) is 0.722. The summed E-state index contributed by atoms with van der Waals surface area (Å²) in [6, 6.07) is -0.205. The van der Waals surface area contributed by atoms with Crippen molar-refractivity contribution < 1.29 is 8.42 Å². The highest BCUT2D eigenvalue weighted by molar-refractivity contribution is 7.94. The molecule has 1 aliphatic heterocycles. The van der Waals surface area contributed by atoms with Crippen molar-refractivity contribution in [1.82, 2.24) is 4.90 Å². The third-order valence-corrected chi connectivity index (χ3v) is 4.24. The number of hydrogen-bond donors (Lipinski definition) is 1. The van der Waals surface area contributed by atoms with Crippen LogP contribution in [-0.4, -0.2) is 44.7 Å². The standard InChI is InChI=1S/C9H18N2O2S/c1-8(10)4-6-14(12,13)9-3-5-11(2)7-9/h4,6,8-9H,3,5,7,10H2,1-2H3/b6-4-/t8-,9-/m1/s1. The molecule has 1 aliphatic rings. The first-order chi connectivity index (χ1) is 6.42. The van der Waals surface area contributed by atoms with Crippen LogP contribution in [0.3, 0.4) is 0 Å². The second kappa shape index (κ2) is 4.42. The van der Waals surface area contributed by atoms with E-state index in [2.05, 4.69) is 0 Å². The minimum atomic E-state index is -3.09. The van der Waals surface area contributed by atoms with E-state index < -0.39 is 9.84 Å².